The smallest absolute Gasteiger partial charge is 0.325 e. The van der Waals surface area contributed by atoms with Gasteiger partial charge in [-0.2, -0.15) is 0 Å². The Morgan fingerprint density at radius 1 is 1.11 bits per heavy atom. The maximum Gasteiger partial charge on any atom is 0.325 e. The minimum Gasteiger partial charge on any atom is -0.337 e. The van der Waals surface area contributed by atoms with Gasteiger partial charge in [0.05, 0.1) is 0 Å². The Kier molecular flexibility index (Phi) is 4.87. The summed E-state index contributed by atoms with van der Waals surface area (Å²) in [5.74, 6) is -0.0278. The maximum atomic E-state index is 13.0. The first kappa shape index (κ1) is 18.9. The molecule has 7 nitrogen and oxygen atoms in total. The van der Waals surface area contributed by atoms with E-state index in [0.717, 1.165) is 37.4 Å². The van der Waals surface area contributed by atoms with E-state index in [1.54, 1.807) is 13.8 Å². The van der Waals surface area contributed by atoms with Gasteiger partial charge in [-0.25, -0.2) is 4.79 Å². The minimum atomic E-state index is -0.943. The van der Waals surface area contributed by atoms with Crippen molar-refractivity contribution in [2.24, 2.45) is 5.92 Å². The van der Waals surface area contributed by atoms with Gasteiger partial charge in [0.25, 0.3) is 5.91 Å². The molecule has 7 heteroatoms. The van der Waals surface area contributed by atoms with Crippen LogP contribution in [0.15, 0.2) is 30.3 Å². The molecule has 5 rings (SSSR count). The van der Waals surface area contributed by atoms with Crippen molar-refractivity contribution in [1.82, 2.24) is 20.0 Å². The van der Waals surface area contributed by atoms with Crippen LogP contribution in [0.5, 0.6) is 0 Å². The molecule has 4 amide bonds. The van der Waals surface area contributed by atoms with Crippen LogP contribution >= 0.6 is 0 Å². The fourth-order valence-corrected chi connectivity index (χ4v) is 4.64. The van der Waals surface area contributed by atoms with E-state index in [1.807, 2.05) is 11.0 Å². The summed E-state index contributed by atoms with van der Waals surface area (Å²) in [6, 6.07) is 10.1. The summed E-state index contributed by atoms with van der Waals surface area (Å²) >= 11 is 0. The molecule has 0 saturated carbocycles. The van der Waals surface area contributed by atoms with Crippen molar-refractivity contribution in [2.75, 3.05) is 26.2 Å². The molecule has 1 N–H and O–H groups in total. The van der Waals surface area contributed by atoms with Crippen LogP contribution < -0.4 is 5.32 Å². The van der Waals surface area contributed by atoms with Gasteiger partial charge in [0, 0.05) is 32.2 Å². The molecule has 4 aliphatic rings. The number of nitrogens with one attached hydrogen (secondary N) is 1. The predicted octanol–water partition coefficient (Wildman–Crippen LogP) is 1.44. The van der Waals surface area contributed by atoms with E-state index in [9.17, 15) is 14.4 Å². The monoisotopic (exact) mass is 384 g/mol. The number of piperidine rings is 1. The molecule has 4 fully saturated rings. The molecule has 0 aromatic heterocycles. The molecule has 1 aromatic rings. The average molecular weight is 384 g/mol. The van der Waals surface area contributed by atoms with Crippen LogP contribution in [0.25, 0.3) is 0 Å². The third-order valence-electron chi connectivity index (χ3n) is 6.10. The number of imide groups is 1. The second-order valence-electron chi connectivity index (χ2n) is 8.77. The first-order valence-corrected chi connectivity index (χ1v) is 10.0. The Bertz CT molecular complexity index is 779. The second kappa shape index (κ2) is 7.20. The molecule has 0 radical (unpaired) electrons. The summed E-state index contributed by atoms with van der Waals surface area (Å²) in [4.78, 5) is 42.9. The van der Waals surface area contributed by atoms with E-state index >= 15 is 0 Å². The van der Waals surface area contributed by atoms with Crippen molar-refractivity contribution in [2.45, 2.75) is 44.8 Å². The zero-order valence-corrected chi connectivity index (χ0v) is 16.6. The Morgan fingerprint density at radius 3 is 2.54 bits per heavy atom. The molecule has 28 heavy (non-hydrogen) atoms. The Labute approximate surface area is 165 Å². The van der Waals surface area contributed by atoms with E-state index in [2.05, 4.69) is 34.5 Å². The van der Waals surface area contributed by atoms with E-state index in [4.69, 9.17) is 0 Å². The van der Waals surface area contributed by atoms with Crippen molar-refractivity contribution in [3.63, 3.8) is 0 Å². The minimum absolute atomic E-state index is 0.127. The highest BCUT2D eigenvalue weighted by atomic mass is 16.2. The lowest BCUT2D eigenvalue weighted by Gasteiger charge is -2.37. The highest BCUT2D eigenvalue weighted by Crippen LogP contribution is 2.29. The number of hydrogen-bond acceptors (Lipinski definition) is 4. The van der Waals surface area contributed by atoms with Crippen molar-refractivity contribution >= 4 is 17.8 Å². The van der Waals surface area contributed by atoms with Crippen molar-refractivity contribution in [1.29, 1.82) is 0 Å². The highest BCUT2D eigenvalue weighted by Gasteiger charge is 2.46. The number of rotatable bonds is 4. The molecule has 0 aliphatic carbocycles. The Hall–Kier alpha value is -2.41. The van der Waals surface area contributed by atoms with E-state index in [0.29, 0.717) is 12.5 Å². The van der Waals surface area contributed by atoms with Crippen LogP contribution in [0.1, 0.15) is 32.3 Å². The summed E-state index contributed by atoms with van der Waals surface area (Å²) < 4.78 is 0. The summed E-state index contributed by atoms with van der Waals surface area (Å²) in [5.41, 5.74) is 0.338. The Balaban J connectivity index is 1.43. The number of nitrogens with zero attached hydrogens (tertiary/aromatic N) is 3. The van der Waals surface area contributed by atoms with Gasteiger partial charge >= 0.3 is 6.03 Å². The van der Waals surface area contributed by atoms with Gasteiger partial charge in [0.15, 0.2) is 0 Å². The summed E-state index contributed by atoms with van der Waals surface area (Å²) in [7, 11) is 0. The number of amides is 4. The fraction of sp³-hybridized carbons (Fsp3) is 0.571. The summed E-state index contributed by atoms with van der Waals surface area (Å²) in [6.45, 7) is 6.56. The van der Waals surface area contributed by atoms with Crippen molar-refractivity contribution < 1.29 is 14.4 Å². The summed E-state index contributed by atoms with van der Waals surface area (Å²) in [6.07, 6.45) is 2.10. The van der Waals surface area contributed by atoms with Crippen molar-refractivity contribution in [3.8, 4) is 0 Å². The zero-order valence-electron chi connectivity index (χ0n) is 16.6. The highest BCUT2D eigenvalue weighted by molar-refractivity contribution is 6.08. The van der Waals surface area contributed by atoms with E-state index in [-0.39, 0.29) is 24.4 Å². The third-order valence-corrected chi connectivity index (χ3v) is 6.10. The van der Waals surface area contributed by atoms with Crippen LogP contribution in [0.4, 0.5) is 4.79 Å². The molecule has 2 atom stereocenters. The lowest BCUT2D eigenvalue weighted by Crippen LogP contribution is -2.51. The molecular weight excluding hydrogens is 356 g/mol. The molecular formula is C21H28N4O3. The van der Waals surface area contributed by atoms with Gasteiger partial charge in [-0.1, -0.05) is 30.3 Å². The number of urea groups is 1. The Morgan fingerprint density at radius 2 is 1.86 bits per heavy atom. The standard InChI is InChI=1S/C21H28N4O3/c1-21(2)19(27)25(20(28)22-21)14-18(26)24-12-16-8-9-17(24)13-23(11-16)10-15-6-4-3-5-7-15/h3-7,16-17H,8-14H2,1-2H3,(H,22,28)/t16-,17+/m0/s1. The second-order valence-corrected chi connectivity index (χ2v) is 8.77. The fourth-order valence-electron chi connectivity index (χ4n) is 4.64. The van der Waals surface area contributed by atoms with Gasteiger partial charge in [-0.15, -0.1) is 0 Å². The third kappa shape index (κ3) is 3.63. The molecule has 4 saturated heterocycles. The van der Waals surface area contributed by atoms with Gasteiger partial charge in [-0.3, -0.25) is 19.4 Å². The molecule has 2 bridgehead atoms. The summed E-state index contributed by atoms with van der Waals surface area (Å²) in [5, 5.41) is 2.64. The lowest BCUT2D eigenvalue weighted by molar-refractivity contribution is -0.141. The molecule has 4 aliphatic heterocycles. The number of fused-ring (bicyclic) bond motifs is 4. The quantitative estimate of drug-likeness (QED) is 0.798. The van der Waals surface area contributed by atoms with Crippen molar-refractivity contribution in [3.05, 3.63) is 35.9 Å². The predicted molar refractivity (Wildman–Crippen MR) is 104 cm³/mol. The van der Waals surface area contributed by atoms with Crippen LogP contribution in [-0.4, -0.2) is 70.3 Å². The SMILES string of the molecule is CC1(C)NC(=O)N(CC(=O)N2C[C@H]3CC[C@@H]2CN(Cc2ccccc2)C3)C1=O. The topological polar surface area (TPSA) is 73.0 Å². The van der Waals surface area contributed by atoms with Crippen LogP contribution in [0, 0.1) is 5.92 Å². The van der Waals surface area contributed by atoms with Crippen LogP contribution in [-0.2, 0) is 16.1 Å². The molecule has 0 spiro atoms. The zero-order chi connectivity index (χ0) is 19.9. The largest absolute Gasteiger partial charge is 0.337 e. The number of hydrogen-bond donors (Lipinski definition) is 1. The maximum absolute atomic E-state index is 13.0. The molecule has 150 valence electrons. The van der Waals surface area contributed by atoms with Gasteiger partial charge in [0.1, 0.15) is 12.1 Å². The van der Waals surface area contributed by atoms with Gasteiger partial charge in [-0.05, 0) is 38.2 Å². The van der Waals surface area contributed by atoms with Crippen LogP contribution in [0.3, 0.4) is 0 Å². The number of carbonyl (C=O) groups is 3. The lowest BCUT2D eigenvalue weighted by atomic mass is 9.95. The molecule has 4 heterocycles. The van der Waals surface area contributed by atoms with E-state index in [1.165, 1.54) is 5.56 Å². The number of carbonyl (C=O) groups excluding carboxylic acids is 3. The average Bonchev–Trinajstić information content (AvgIpc) is 2.86. The normalized spacial score (nSPS) is 27.1. The first-order valence-electron chi connectivity index (χ1n) is 10.0. The van der Waals surface area contributed by atoms with Gasteiger partial charge in [0.2, 0.25) is 5.91 Å². The molecule has 1 aromatic carbocycles. The first-order chi connectivity index (χ1) is 13.3. The van der Waals surface area contributed by atoms with E-state index < -0.39 is 11.6 Å². The number of benzene rings is 1. The molecule has 0 unspecified atom stereocenters. The van der Waals surface area contributed by atoms with Gasteiger partial charge < -0.3 is 10.2 Å². The van der Waals surface area contributed by atoms with Crippen LogP contribution in [0.2, 0.25) is 0 Å².